The molecule has 0 N–H and O–H groups in total. The van der Waals surface area contributed by atoms with Crippen LogP contribution in [0.3, 0.4) is 0 Å². The molecule has 132 valence electrons. The number of rotatable bonds is 6. The number of pyridine rings is 1. The summed E-state index contributed by atoms with van der Waals surface area (Å²) in [6.45, 7) is 2.71. The minimum atomic E-state index is -0.216. The van der Waals surface area contributed by atoms with E-state index in [9.17, 15) is 4.39 Å². The zero-order valence-corrected chi connectivity index (χ0v) is 15.4. The van der Waals surface area contributed by atoms with E-state index < -0.39 is 0 Å². The lowest BCUT2D eigenvalue weighted by Gasteiger charge is -2.07. The first-order chi connectivity index (χ1) is 12.7. The standard InChI is InChI=1S/C21H19FN2OS/c1-2-3-20-24-19-13-23-18-12-16(8-9-17(18)21(19)26-20)25-11-10-14-4-6-15(22)7-5-14/h4-9,12-13H,2-3,10-11H2,1H3. The molecule has 0 aliphatic heterocycles. The molecule has 0 aliphatic rings. The van der Waals surface area contributed by atoms with Crippen molar-refractivity contribution in [2.75, 3.05) is 6.61 Å². The van der Waals surface area contributed by atoms with Crippen molar-refractivity contribution in [2.45, 2.75) is 26.2 Å². The summed E-state index contributed by atoms with van der Waals surface area (Å²) in [6, 6.07) is 12.5. The van der Waals surface area contributed by atoms with Crippen molar-refractivity contribution in [3.63, 3.8) is 0 Å². The Bertz CT molecular complexity index is 1040. The van der Waals surface area contributed by atoms with Crippen molar-refractivity contribution < 1.29 is 9.13 Å². The molecule has 26 heavy (non-hydrogen) atoms. The van der Waals surface area contributed by atoms with Gasteiger partial charge >= 0.3 is 0 Å². The number of halogens is 1. The van der Waals surface area contributed by atoms with Gasteiger partial charge in [-0.15, -0.1) is 11.3 Å². The maximum absolute atomic E-state index is 12.9. The third-order valence-corrected chi connectivity index (χ3v) is 5.44. The van der Waals surface area contributed by atoms with E-state index in [0.29, 0.717) is 6.61 Å². The highest BCUT2D eigenvalue weighted by atomic mass is 32.1. The fraction of sp³-hybridized carbons (Fsp3) is 0.238. The summed E-state index contributed by atoms with van der Waals surface area (Å²) in [6.07, 6.45) is 4.68. The molecule has 2 aromatic carbocycles. The van der Waals surface area contributed by atoms with Crippen molar-refractivity contribution in [1.29, 1.82) is 0 Å². The molecular formula is C21H19FN2OS. The van der Waals surface area contributed by atoms with E-state index in [-0.39, 0.29) is 5.82 Å². The third-order valence-electron chi connectivity index (χ3n) is 4.27. The molecule has 3 nitrogen and oxygen atoms in total. The highest BCUT2D eigenvalue weighted by Gasteiger charge is 2.09. The van der Waals surface area contributed by atoms with Crippen LogP contribution in [0.25, 0.3) is 21.1 Å². The van der Waals surface area contributed by atoms with Crippen molar-refractivity contribution >= 4 is 32.5 Å². The highest BCUT2D eigenvalue weighted by Crippen LogP contribution is 2.31. The van der Waals surface area contributed by atoms with Gasteiger partial charge in [-0.2, -0.15) is 0 Å². The Morgan fingerprint density at radius 1 is 1.04 bits per heavy atom. The molecule has 0 saturated carbocycles. The minimum Gasteiger partial charge on any atom is -0.493 e. The van der Waals surface area contributed by atoms with Gasteiger partial charge in [-0.3, -0.25) is 4.98 Å². The van der Waals surface area contributed by atoms with Gasteiger partial charge in [0.05, 0.1) is 28.0 Å². The first kappa shape index (κ1) is 16.9. The number of aromatic nitrogens is 2. The maximum Gasteiger partial charge on any atom is 0.123 e. The van der Waals surface area contributed by atoms with Gasteiger partial charge in [-0.05, 0) is 42.7 Å². The van der Waals surface area contributed by atoms with E-state index in [4.69, 9.17) is 4.74 Å². The molecule has 0 bridgehead atoms. The summed E-state index contributed by atoms with van der Waals surface area (Å²) in [5, 5.41) is 2.28. The first-order valence-electron chi connectivity index (χ1n) is 8.78. The fourth-order valence-electron chi connectivity index (χ4n) is 2.95. The lowest BCUT2D eigenvalue weighted by Crippen LogP contribution is -2.01. The van der Waals surface area contributed by atoms with Gasteiger partial charge in [0.1, 0.15) is 17.1 Å². The monoisotopic (exact) mass is 366 g/mol. The molecule has 4 aromatic rings. The summed E-state index contributed by atoms with van der Waals surface area (Å²) < 4.78 is 20.0. The minimum absolute atomic E-state index is 0.216. The van der Waals surface area contributed by atoms with Crippen LogP contribution in [0.2, 0.25) is 0 Å². The maximum atomic E-state index is 12.9. The van der Waals surface area contributed by atoms with Gasteiger partial charge in [0.15, 0.2) is 0 Å². The quantitative estimate of drug-likeness (QED) is 0.448. The molecule has 0 spiro atoms. The second-order valence-corrected chi connectivity index (χ2v) is 7.32. The van der Waals surface area contributed by atoms with Crippen molar-refractivity contribution in [3.05, 3.63) is 65.0 Å². The number of benzene rings is 2. The molecule has 0 amide bonds. The third kappa shape index (κ3) is 3.53. The van der Waals surface area contributed by atoms with E-state index in [0.717, 1.165) is 52.0 Å². The van der Waals surface area contributed by atoms with Gasteiger partial charge in [0, 0.05) is 17.9 Å². The number of hydrogen-bond donors (Lipinski definition) is 0. The topological polar surface area (TPSA) is 35.0 Å². The summed E-state index contributed by atoms with van der Waals surface area (Å²) in [4.78, 5) is 9.20. The zero-order valence-electron chi connectivity index (χ0n) is 14.5. The molecular weight excluding hydrogens is 347 g/mol. The van der Waals surface area contributed by atoms with Crippen LogP contribution in [0.4, 0.5) is 4.39 Å². The molecule has 0 saturated heterocycles. The van der Waals surface area contributed by atoms with Crippen LogP contribution in [0.15, 0.2) is 48.7 Å². The van der Waals surface area contributed by atoms with Crippen LogP contribution in [-0.4, -0.2) is 16.6 Å². The largest absolute Gasteiger partial charge is 0.493 e. The van der Waals surface area contributed by atoms with E-state index in [1.807, 2.05) is 18.3 Å². The highest BCUT2D eigenvalue weighted by molar-refractivity contribution is 7.19. The number of thiazole rings is 1. The van der Waals surface area contributed by atoms with Crippen molar-refractivity contribution in [1.82, 2.24) is 9.97 Å². The Hall–Kier alpha value is -2.53. The second-order valence-electron chi connectivity index (χ2n) is 6.23. The Kier molecular flexibility index (Phi) is 4.80. The van der Waals surface area contributed by atoms with Gasteiger partial charge in [0.25, 0.3) is 0 Å². The average molecular weight is 366 g/mol. The van der Waals surface area contributed by atoms with Crippen LogP contribution >= 0.6 is 11.3 Å². The lowest BCUT2D eigenvalue weighted by atomic mass is 10.1. The summed E-state index contributed by atoms with van der Waals surface area (Å²) >= 11 is 1.75. The van der Waals surface area contributed by atoms with Gasteiger partial charge in [0.2, 0.25) is 0 Å². The Morgan fingerprint density at radius 3 is 2.69 bits per heavy atom. The molecule has 0 radical (unpaired) electrons. The van der Waals surface area contributed by atoms with Gasteiger partial charge in [-0.25, -0.2) is 9.37 Å². The summed E-state index contributed by atoms with van der Waals surface area (Å²) in [5.41, 5.74) is 2.94. The molecule has 0 aliphatic carbocycles. The summed E-state index contributed by atoms with van der Waals surface area (Å²) in [7, 11) is 0. The number of fused-ring (bicyclic) bond motifs is 3. The van der Waals surface area contributed by atoms with Crippen LogP contribution in [0.1, 0.15) is 23.9 Å². The SMILES string of the molecule is CCCc1nc2cnc3cc(OCCc4ccc(F)cc4)ccc3c2s1. The van der Waals surface area contributed by atoms with E-state index >= 15 is 0 Å². The molecule has 0 unspecified atom stereocenters. The van der Waals surface area contributed by atoms with Crippen molar-refractivity contribution in [2.24, 2.45) is 0 Å². The van der Waals surface area contributed by atoms with Gasteiger partial charge in [-0.1, -0.05) is 19.1 Å². The molecule has 5 heteroatoms. The van der Waals surface area contributed by atoms with Crippen LogP contribution in [0, 0.1) is 5.82 Å². The van der Waals surface area contributed by atoms with Crippen molar-refractivity contribution in [3.8, 4) is 5.75 Å². The van der Waals surface area contributed by atoms with Gasteiger partial charge < -0.3 is 4.74 Å². The Morgan fingerprint density at radius 2 is 1.88 bits per heavy atom. The smallest absolute Gasteiger partial charge is 0.123 e. The zero-order chi connectivity index (χ0) is 17.9. The molecule has 4 rings (SSSR count). The average Bonchev–Trinajstić information content (AvgIpc) is 3.06. The Balaban J connectivity index is 1.51. The normalized spacial score (nSPS) is 11.3. The van der Waals surface area contributed by atoms with E-state index in [1.165, 1.54) is 16.8 Å². The fourth-order valence-corrected chi connectivity index (χ4v) is 4.12. The predicted octanol–water partition coefficient (Wildman–Crippen LogP) is 5.56. The van der Waals surface area contributed by atoms with Crippen LogP contribution in [-0.2, 0) is 12.8 Å². The first-order valence-corrected chi connectivity index (χ1v) is 9.60. The number of hydrogen-bond acceptors (Lipinski definition) is 4. The van der Waals surface area contributed by atoms with Crippen LogP contribution in [0.5, 0.6) is 5.75 Å². The number of ether oxygens (including phenoxy) is 1. The molecule has 2 aromatic heterocycles. The van der Waals surface area contributed by atoms with E-state index in [2.05, 4.69) is 23.0 Å². The van der Waals surface area contributed by atoms with E-state index in [1.54, 1.807) is 23.5 Å². The molecule has 0 atom stereocenters. The number of aryl methyl sites for hydroxylation is 1. The number of nitrogens with zero attached hydrogens (tertiary/aromatic N) is 2. The second kappa shape index (κ2) is 7.38. The molecule has 0 fully saturated rings. The lowest BCUT2D eigenvalue weighted by molar-refractivity contribution is 0.322. The van der Waals surface area contributed by atoms with Crippen LogP contribution < -0.4 is 4.74 Å². The molecule has 2 heterocycles. The predicted molar refractivity (Wildman–Crippen MR) is 105 cm³/mol. The Labute approximate surface area is 155 Å². The summed E-state index contributed by atoms with van der Waals surface area (Å²) in [5.74, 6) is 0.580.